The van der Waals surface area contributed by atoms with Gasteiger partial charge in [-0.3, -0.25) is 4.79 Å². The van der Waals surface area contributed by atoms with Gasteiger partial charge in [-0.15, -0.1) is 5.10 Å². The van der Waals surface area contributed by atoms with Gasteiger partial charge in [-0.2, -0.15) is 0 Å². The molecule has 2 aliphatic rings. The Morgan fingerprint density at radius 1 is 1.38 bits per heavy atom. The number of carbonyl (C=O) groups excluding carboxylic acids is 1. The molecule has 2 fully saturated rings. The van der Waals surface area contributed by atoms with Gasteiger partial charge in [0, 0.05) is 31.9 Å². The quantitative estimate of drug-likeness (QED) is 0.551. The predicted molar refractivity (Wildman–Crippen MR) is 77.9 cm³/mol. The molecule has 0 N–H and O–H groups in total. The summed E-state index contributed by atoms with van der Waals surface area (Å²) in [6.45, 7) is 3.35. The van der Waals surface area contributed by atoms with Gasteiger partial charge >= 0.3 is 0 Å². The third-order valence-electron chi connectivity index (χ3n) is 3.87. The van der Waals surface area contributed by atoms with Crippen molar-refractivity contribution in [2.45, 2.75) is 49.9 Å². The number of thioether (sulfide) groups is 1. The van der Waals surface area contributed by atoms with Crippen LogP contribution in [0.15, 0.2) is 5.16 Å². The van der Waals surface area contributed by atoms with Crippen LogP contribution in [-0.4, -0.2) is 62.6 Å². The highest BCUT2D eigenvalue weighted by atomic mass is 32.2. The van der Waals surface area contributed by atoms with Crippen molar-refractivity contribution in [2.24, 2.45) is 0 Å². The van der Waals surface area contributed by atoms with E-state index < -0.39 is 0 Å². The summed E-state index contributed by atoms with van der Waals surface area (Å²) < 4.78 is 7.45. The van der Waals surface area contributed by atoms with Crippen molar-refractivity contribution in [3.05, 3.63) is 0 Å². The molecule has 1 aromatic heterocycles. The molecule has 1 aromatic rings. The molecule has 0 radical (unpaired) electrons. The number of carbonyl (C=O) groups is 1. The first-order valence-corrected chi connectivity index (χ1v) is 8.60. The molecular formula is C13H21N5O2S. The maximum Gasteiger partial charge on any atom is 0.222 e. The van der Waals surface area contributed by atoms with Crippen LogP contribution in [0.1, 0.15) is 32.1 Å². The van der Waals surface area contributed by atoms with Crippen LogP contribution in [0.5, 0.6) is 0 Å². The summed E-state index contributed by atoms with van der Waals surface area (Å²) in [6.07, 6.45) is 5.15. The number of rotatable bonds is 7. The number of hydrogen-bond donors (Lipinski definition) is 0. The zero-order valence-electron chi connectivity index (χ0n) is 12.1. The Balaban J connectivity index is 1.40. The average molecular weight is 311 g/mol. The number of amides is 1. The van der Waals surface area contributed by atoms with E-state index in [2.05, 4.69) is 15.5 Å². The van der Waals surface area contributed by atoms with Crippen LogP contribution in [0.2, 0.25) is 0 Å². The lowest BCUT2D eigenvalue weighted by molar-refractivity contribution is -0.127. The Labute approximate surface area is 128 Å². The number of hydrogen-bond acceptors (Lipinski definition) is 6. The van der Waals surface area contributed by atoms with Gasteiger partial charge in [0.25, 0.3) is 0 Å². The summed E-state index contributed by atoms with van der Waals surface area (Å²) in [5.41, 5.74) is 0. The predicted octanol–water partition coefficient (Wildman–Crippen LogP) is 0.957. The monoisotopic (exact) mass is 311 g/mol. The normalized spacial score (nSPS) is 22.4. The van der Waals surface area contributed by atoms with Gasteiger partial charge in [0.2, 0.25) is 11.1 Å². The van der Waals surface area contributed by atoms with Gasteiger partial charge < -0.3 is 9.64 Å². The molecule has 3 heterocycles. The molecule has 3 rings (SSSR count). The highest BCUT2D eigenvalue weighted by molar-refractivity contribution is 7.99. The zero-order chi connectivity index (χ0) is 14.5. The van der Waals surface area contributed by atoms with Crippen molar-refractivity contribution in [3.8, 4) is 0 Å². The van der Waals surface area contributed by atoms with Crippen LogP contribution in [-0.2, 0) is 16.1 Å². The molecule has 0 spiro atoms. The minimum atomic E-state index is 0.245. The molecule has 0 saturated carbocycles. The second-order valence-corrected chi connectivity index (χ2v) is 6.53. The van der Waals surface area contributed by atoms with Crippen molar-refractivity contribution in [1.82, 2.24) is 25.1 Å². The number of aromatic nitrogens is 4. The van der Waals surface area contributed by atoms with E-state index in [0.717, 1.165) is 62.8 Å². The minimum Gasteiger partial charge on any atom is -0.376 e. The largest absolute Gasteiger partial charge is 0.376 e. The Bertz CT molecular complexity index is 475. The zero-order valence-corrected chi connectivity index (χ0v) is 12.9. The third-order valence-corrected chi connectivity index (χ3v) is 4.92. The lowest BCUT2D eigenvalue weighted by atomic mass is 10.2. The number of tetrazole rings is 1. The first kappa shape index (κ1) is 14.8. The summed E-state index contributed by atoms with van der Waals surface area (Å²) in [4.78, 5) is 13.5. The van der Waals surface area contributed by atoms with E-state index in [0.29, 0.717) is 12.3 Å². The molecule has 1 atom stereocenters. The van der Waals surface area contributed by atoms with Crippen LogP contribution in [0.25, 0.3) is 0 Å². The molecule has 0 aromatic carbocycles. The molecule has 8 heteroatoms. The van der Waals surface area contributed by atoms with Crippen LogP contribution < -0.4 is 0 Å². The molecule has 2 aliphatic heterocycles. The second kappa shape index (κ2) is 7.22. The smallest absolute Gasteiger partial charge is 0.222 e. The third kappa shape index (κ3) is 3.94. The maximum absolute atomic E-state index is 11.5. The molecule has 1 amide bonds. The fourth-order valence-electron chi connectivity index (χ4n) is 2.75. The first-order valence-electron chi connectivity index (χ1n) is 7.61. The van der Waals surface area contributed by atoms with E-state index in [1.165, 1.54) is 0 Å². The van der Waals surface area contributed by atoms with Gasteiger partial charge in [-0.1, -0.05) is 11.8 Å². The Kier molecular flexibility index (Phi) is 5.08. The summed E-state index contributed by atoms with van der Waals surface area (Å²) in [7, 11) is 0. The van der Waals surface area contributed by atoms with Crippen LogP contribution >= 0.6 is 11.8 Å². The van der Waals surface area contributed by atoms with Crippen LogP contribution in [0.4, 0.5) is 0 Å². The molecule has 21 heavy (non-hydrogen) atoms. The highest BCUT2D eigenvalue weighted by Gasteiger charge is 2.20. The molecule has 7 nitrogen and oxygen atoms in total. The van der Waals surface area contributed by atoms with E-state index in [4.69, 9.17) is 4.74 Å². The number of nitrogens with zero attached hydrogens (tertiary/aromatic N) is 5. The van der Waals surface area contributed by atoms with Gasteiger partial charge in [0.05, 0.1) is 12.6 Å². The summed E-state index contributed by atoms with van der Waals surface area (Å²) in [6, 6.07) is 0. The van der Waals surface area contributed by atoms with Crippen molar-refractivity contribution < 1.29 is 9.53 Å². The van der Waals surface area contributed by atoms with Crippen molar-refractivity contribution in [3.63, 3.8) is 0 Å². The molecule has 0 unspecified atom stereocenters. The highest BCUT2D eigenvalue weighted by Crippen LogP contribution is 2.19. The van der Waals surface area contributed by atoms with Crippen molar-refractivity contribution >= 4 is 17.7 Å². The summed E-state index contributed by atoms with van der Waals surface area (Å²) in [5, 5.41) is 12.7. The molecule has 2 saturated heterocycles. The standard InChI is InChI=1S/C13H21N5O2S/c19-12-5-1-6-17(12)7-3-9-21-13-14-15-16-18(13)10-11-4-2-8-20-11/h11H,1-10H2/t11-/m1/s1. The number of likely N-dealkylation sites (tertiary alicyclic amines) is 1. The summed E-state index contributed by atoms with van der Waals surface area (Å²) in [5.74, 6) is 1.22. The van der Waals surface area contributed by atoms with E-state index >= 15 is 0 Å². The molecule has 0 aliphatic carbocycles. The fourth-order valence-corrected chi connectivity index (χ4v) is 3.57. The maximum atomic E-state index is 11.5. The Morgan fingerprint density at radius 2 is 2.33 bits per heavy atom. The molecule has 0 bridgehead atoms. The van der Waals surface area contributed by atoms with Crippen molar-refractivity contribution in [1.29, 1.82) is 0 Å². The van der Waals surface area contributed by atoms with Gasteiger partial charge in [0.15, 0.2) is 0 Å². The average Bonchev–Trinajstić information content (AvgIpc) is 3.20. The lowest BCUT2D eigenvalue weighted by Crippen LogP contribution is -2.26. The van der Waals surface area contributed by atoms with Crippen LogP contribution in [0.3, 0.4) is 0 Å². The van der Waals surface area contributed by atoms with E-state index in [9.17, 15) is 4.79 Å². The SMILES string of the molecule is O=C1CCCN1CCCSc1nnnn1C[C@H]1CCCO1. The lowest BCUT2D eigenvalue weighted by Gasteiger charge is -2.14. The van der Waals surface area contributed by atoms with Gasteiger partial charge in [0.1, 0.15) is 0 Å². The van der Waals surface area contributed by atoms with Gasteiger partial charge in [-0.25, -0.2) is 4.68 Å². The first-order chi connectivity index (χ1) is 10.3. The molecular weight excluding hydrogens is 290 g/mol. The van der Waals surface area contributed by atoms with Gasteiger partial charge in [-0.05, 0) is 36.1 Å². The van der Waals surface area contributed by atoms with E-state index in [-0.39, 0.29) is 6.10 Å². The minimum absolute atomic E-state index is 0.245. The number of ether oxygens (including phenoxy) is 1. The topological polar surface area (TPSA) is 73.1 Å². The Morgan fingerprint density at radius 3 is 3.10 bits per heavy atom. The second-order valence-electron chi connectivity index (χ2n) is 5.46. The van der Waals surface area contributed by atoms with E-state index in [1.54, 1.807) is 11.8 Å². The summed E-state index contributed by atoms with van der Waals surface area (Å²) >= 11 is 1.66. The van der Waals surface area contributed by atoms with E-state index in [1.807, 2.05) is 9.58 Å². The fraction of sp³-hybridized carbons (Fsp3) is 0.846. The Hall–Kier alpha value is -1.15. The van der Waals surface area contributed by atoms with Crippen molar-refractivity contribution in [2.75, 3.05) is 25.4 Å². The molecule has 116 valence electrons. The van der Waals surface area contributed by atoms with Crippen LogP contribution in [0, 0.1) is 0 Å².